The Bertz CT molecular complexity index is 217. The Morgan fingerprint density at radius 2 is 2.17 bits per heavy atom. The van der Waals surface area contributed by atoms with Crippen molar-refractivity contribution in [3.05, 3.63) is 0 Å². The van der Waals surface area contributed by atoms with E-state index in [1.807, 2.05) is 0 Å². The van der Waals surface area contributed by atoms with Crippen LogP contribution in [0.2, 0.25) is 0 Å². The lowest BCUT2D eigenvalue weighted by molar-refractivity contribution is -0.140. The Morgan fingerprint density at radius 1 is 1.42 bits per heavy atom. The van der Waals surface area contributed by atoms with Crippen molar-refractivity contribution in [2.45, 2.75) is 38.5 Å². The number of rotatable bonds is 2. The summed E-state index contributed by atoms with van der Waals surface area (Å²) in [7, 11) is 0. The van der Waals surface area contributed by atoms with E-state index in [0.717, 1.165) is 18.1 Å². The standard InChI is InChI=1S/C9H13NO2/c11-9-6-8(10-12-9)5-7-3-1-2-4-7/h7H,1-6H2. The normalized spacial score (nSPS) is 24.3. The minimum absolute atomic E-state index is 0.192. The van der Waals surface area contributed by atoms with Gasteiger partial charge in [0.2, 0.25) is 0 Å². The summed E-state index contributed by atoms with van der Waals surface area (Å²) in [5.74, 6) is 0.571. The summed E-state index contributed by atoms with van der Waals surface area (Å²) in [4.78, 5) is 15.2. The zero-order chi connectivity index (χ0) is 8.39. The molecule has 2 rings (SSSR count). The lowest BCUT2D eigenvalue weighted by atomic mass is 9.99. The predicted molar refractivity (Wildman–Crippen MR) is 44.7 cm³/mol. The second-order valence-electron chi connectivity index (χ2n) is 3.65. The van der Waals surface area contributed by atoms with Crippen LogP contribution >= 0.6 is 0 Å². The molecule has 0 N–H and O–H groups in total. The number of carbonyl (C=O) groups is 1. The molecule has 0 atom stereocenters. The SMILES string of the molecule is O=C1CC(CC2CCCC2)=NO1. The van der Waals surface area contributed by atoms with Crippen molar-refractivity contribution in [2.75, 3.05) is 0 Å². The van der Waals surface area contributed by atoms with E-state index in [-0.39, 0.29) is 5.97 Å². The first-order valence-electron chi connectivity index (χ1n) is 4.60. The molecule has 0 saturated heterocycles. The van der Waals surface area contributed by atoms with E-state index in [2.05, 4.69) is 9.99 Å². The van der Waals surface area contributed by atoms with Crippen LogP contribution in [0.25, 0.3) is 0 Å². The van der Waals surface area contributed by atoms with Gasteiger partial charge in [0.1, 0.15) is 0 Å². The molecule has 3 heteroatoms. The molecule has 0 aromatic carbocycles. The molecule has 0 amide bonds. The summed E-state index contributed by atoms with van der Waals surface area (Å²) in [6.07, 6.45) is 6.68. The maximum absolute atomic E-state index is 10.7. The highest BCUT2D eigenvalue weighted by atomic mass is 16.7. The number of hydrogen-bond donors (Lipinski definition) is 0. The minimum Gasteiger partial charge on any atom is -0.318 e. The Labute approximate surface area is 71.8 Å². The van der Waals surface area contributed by atoms with Gasteiger partial charge in [0.25, 0.3) is 0 Å². The second kappa shape index (κ2) is 3.25. The molecule has 0 radical (unpaired) electrons. The van der Waals surface area contributed by atoms with Crippen molar-refractivity contribution < 1.29 is 9.63 Å². The maximum Gasteiger partial charge on any atom is 0.340 e. The maximum atomic E-state index is 10.7. The third-order valence-corrected chi connectivity index (χ3v) is 2.62. The highest BCUT2D eigenvalue weighted by Gasteiger charge is 2.23. The van der Waals surface area contributed by atoms with E-state index in [0.29, 0.717) is 6.42 Å². The van der Waals surface area contributed by atoms with E-state index < -0.39 is 0 Å². The number of nitrogens with zero attached hydrogens (tertiary/aromatic N) is 1. The molecule has 1 fully saturated rings. The number of carbonyl (C=O) groups excluding carboxylic acids is 1. The molecule has 0 aromatic heterocycles. The summed E-state index contributed by atoms with van der Waals surface area (Å²) < 4.78 is 0. The monoisotopic (exact) mass is 167 g/mol. The van der Waals surface area contributed by atoms with Gasteiger partial charge in [0.05, 0.1) is 12.1 Å². The van der Waals surface area contributed by atoms with Crippen molar-refractivity contribution in [1.82, 2.24) is 0 Å². The second-order valence-corrected chi connectivity index (χ2v) is 3.65. The van der Waals surface area contributed by atoms with Gasteiger partial charge in [-0.15, -0.1) is 0 Å². The van der Waals surface area contributed by atoms with Gasteiger partial charge in [-0.2, -0.15) is 0 Å². The van der Waals surface area contributed by atoms with Crippen LogP contribution in [0, 0.1) is 5.92 Å². The van der Waals surface area contributed by atoms with Gasteiger partial charge in [-0.1, -0.05) is 30.8 Å². The van der Waals surface area contributed by atoms with Gasteiger partial charge in [-0.05, 0) is 12.3 Å². The Morgan fingerprint density at radius 3 is 2.75 bits per heavy atom. The van der Waals surface area contributed by atoms with E-state index in [1.54, 1.807) is 0 Å². The predicted octanol–water partition coefficient (Wildman–Crippen LogP) is 1.87. The van der Waals surface area contributed by atoms with Crippen molar-refractivity contribution in [1.29, 1.82) is 0 Å². The van der Waals surface area contributed by atoms with Crippen molar-refractivity contribution in [2.24, 2.45) is 11.1 Å². The van der Waals surface area contributed by atoms with Crippen LogP contribution in [-0.2, 0) is 9.63 Å². The van der Waals surface area contributed by atoms with Gasteiger partial charge in [0, 0.05) is 0 Å². The largest absolute Gasteiger partial charge is 0.340 e. The molecule has 1 saturated carbocycles. The minimum atomic E-state index is -0.192. The molecule has 0 aromatic rings. The smallest absolute Gasteiger partial charge is 0.318 e. The molecule has 1 aliphatic heterocycles. The number of oxime groups is 1. The Kier molecular flexibility index (Phi) is 2.11. The van der Waals surface area contributed by atoms with Gasteiger partial charge in [-0.25, -0.2) is 4.79 Å². The lowest BCUT2D eigenvalue weighted by Gasteiger charge is -2.05. The quantitative estimate of drug-likeness (QED) is 0.589. The average molecular weight is 167 g/mol. The zero-order valence-corrected chi connectivity index (χ0v) is 7.08. The van der Waals surface area contributed by atoms with Crippen molar-refractivity contribution in [3.8, 4) is 0 Å². The first kappa shape index (κ1) is 7.77. The van der Waals surface area contributed by atoms with E-state index in [9.17, 15) is 4.79 Å². The van der Waals surface area contributed by atoms with E-state index in [4.69, 9.17) is 0 Å². The third-order valence-electron chi connectivity index (χ3n) is 2.62. The summed E-state index contributed by atoms with van der Waals surface area (Å²) in [6, 6.07) is 0. The van der Waals surface area contributed by atoms with Crippen LogP contribution in [-0.4, -0.2) is 11.7 Å². The summed E-state index contributed by atoms with van der Waals surface area (Å²) >= 11 is 0. The highest BCUT2D eigenvalue weighted by Crippen LogP contribution is 2.29. The van der Waals surface area contributed by atoms with Crippen LogP contribution in [0.5, 0.6) is 0 Å². The molecule has 2 aliphatic rings. The molecule has 0 unspecified atom stereocenters. The lowest BCUT2D eigenvalue weighted by Crippen LogP contribution is -2.04. The van der Waals surface area contributed by atoms with Crippen LogP contribution < -0.4 is 0 Å². The van der Waals surface area contributed by atoms with Crippen LogP contribution in [0.3, 0.4) is 0 Å². The van der Waals surface area contributed by atoms with Gasteiger partial charge >= 0.3 is 5.97 Å². The molecule has 12 heavy (non-hydrogen) atoms. The Balaban J connectivity index is 1.82. The van der Waals surface area contributed by atoms with Crippen LogP contribution in [0.1, 0.15) is 38.5 Å². The van der Waals surface area contributed by atoms with E-state index in [1.165, 1.54) is 25.7 Å². The Hall–Kier alpha value is -0.860. The highest BCUT2D eigenvalue weighted by molar-refractivity contribution is 6.01. The fourth-order valence-electron chi connectivity index (χ4n) is 2.00. The third kappa shape index (κ3) is 1.65. The van der Waals surface area contributed by atoms with Gasteiger partial charge < -0.3 is 4.84 Å². The molecule has 0 spiro atoms. The fraction of sp³-hybridized carbons (Fsp3) is 0.778. The first-order chi connectivity index (χ1) is 5.84. The topological polar surface area (TPSA) is 38.7 Å². The van der Waals surface area contributed by atoms with Crippen LogP contribution in [0.4, 0.5) is 0 Å². The molecular weight excluding hydrogens is 154 g/mol. The van der Waals surface area contributed by atoms with Gasteiger partial charge in [0.15, 0.2) is 0 Å². The number of hydrogen-bond acceptors (Lipinski definition) is 3. The molecule has 1 heterocycles. The molecular formula is C9H13NO2. The summed E-state index contributed by atoms with van der Waals surface area (Å²) in [5.41, 5.74) is 0.951. The van der Waals surface area contributed by atoms with Crippen molar-refractivity contribution in [3.63, 3.8) is 0 Å². The summed E-state index contributed by atoms with van der Waals surface area (Å²) in [6.45, 7) is 0. The van der Waals surface area contributed by atoms with Gasteiger partial charge in [-0.3, -0.25) is 0 Å². The molecule has 1 aliphatic carbocycles. The molecule has 66 valence electrons. The van der Waals surface area contributed by atoms with Crippen LogP contribution in [0.15, 0.2) is 5.16 Å². The van der Waals surface area contributed by atoms with E-state index >= 15 is 0 Å². The molecule has 0 bridgehead atoms. The average Bonchev–Trinajstić information content (AvgIpc) is 2.63. The van der Waals surface area contributed by atoms with Crippen molar-refractivity contribution >= 4 is 11.7 Å². The molecule has 3 nitrogen and oxygen atoms in total. The fourth-order valence-corrected chi connectivity index (χ4v) is 2.00. The summed E-state index contributed by atoms with van der Waals surface area (Å²) in [5, 5.41) is 3.75. The zero-order valence-electron chi connectivity index (χ0n) is 7.08. The first-order valence-corrected chi connectivity index (χ1v) is 4.60.